The second-order valence-electron chi connectivity index (χ2n) is 9.30. The van der Waals surface area contributed by atoms with E-state index < -0.39 is 0 Å². The van der Waals surface area contributed by atoms with E-state index in [2.05, 4.69) is 52.5 Å². The molecule has 0 saturated heterocycles. The van der Waals surface area contributed by atoms with Gasteiger partial charge in [0.2, 0.25) is 0 Å². The predicted octanol–water partition coefficient (Wildman–Crippen LogP) is 6.60. The highest BCUT2D eigenvalue weighted by Crippen LogP contribution is 2.34. The van der Waals surface area contributed by atoms with Crippen LogP contribution in [0, 0.1) is 0 Å². The van der Waals surface area contributed by atoms with Gasteiger partial charge in [-0.1, -0.05) is 54.6 Å². The Morgan fingerprint density at radius 3 is 2.38 bits per heavy atom. The molecule has 0 saturated carbocycles. The third-order valence-corrected chi connectivity index (χ3v) is 6.19. The molecule has 3 aromatic carbocycles. The summed E-state index contributed by atoms with van der Waals surface area (Å²) in [6, 6.07) is 28.4. The molecule has 0 spiro atoms. The van der Waals surface area contributed by atoms with Crippen molar-refractivity contribution in [2.24, 2.45) is 4.99 Å². The first-order chi connectivity index (χ1) is 18.0. The maximum Gasteiger partial charge on any atom is 0.199 e. The Morgan fingerprint density at radius 1 is 0.946 bits per heavy atom. The average molecular weight is 490 g/mol. The van der Waals surface area contributed by atoms with Crippen molar-refractivity contribution >= 4 is 28.1 Å². The number of nitrogens with zero attached hydrogens (tertiary/aromatic N) is 3. The molecule has 2 aromatic heterocycles. The molecule has 3 N–H and O–H groups in total. The largest absolute Gasteiger partial charge is 0.494 e. The summed E-state index contributed by atoms with van der Waals surface area (Å²) in [5, 5.41) is 15.2. The Balaban J connectivity index is 1.57. The van der Waals surface area contributed by atoms with Crippen LogP contribution in [-0.4, -0.2) is 46.3 Å². The minimum atomic E-state index is 0.0969. The van der Waals surface area contributed by atoms with Gasteiger partial charge in [0, 0.05) is 41.3 Å². The highest BCUT2D eigenvalue weighted by Gasteiger charge is 2.19. The summed E-state index contributed by atoms with van der Waals surface area (Å²) in [5.41, 5.74) is 7.26. The highest BCUT2D eigenvalue weighted by molar-refractivity contribution is 6.22. The molecule has 0 aliphatic rings. The van der Waals surface area contributed by atoms with Crippen molar-refractivity contribution in [1.29, 1.82) is 0 Å². The lowest BCUT2D eigenvalue weighted by molar-refractivity contribution is 0.402. The van der Waals surface area contributed by atoms with Crippen molar-refractivity contribution in [1.82, 2.24) is 14.9 Å². The van der Waals surface area contributed by atoms with Gasteiger partial charge in [-0.05, 0) is 62.5 Å². The number of hydrogen-bond donors (Lipinski definition) is 3. The Kier molecular flexibility index (Phi) is 7.01. The van der Waals surface area contributed by atoms with E-state index in [9.17, 15) is 5.11 Å². The van der Waals surface area contributed by atoms with E-state index in [-0.39, 0.29) is 5.88 Å². The third-order valence-electron chi connectivity index (χ3n) is 6.19. The zero-order valence-electron chi connectivity index (χ0n) is 21.4. The molecule has 6 heteroatoms. The molecule has 0 atom stereocenters. The van der Waals surface area contributed by atoms with Gasteiger partial charge in [-0.25, -0.2) is 9.98 Å². The quantitative estimate of drug-likeness (QED) is 0.215. The Morgan fingerprint density at radius 2 is 1.70 bits per heavy atom. The molecule has 0 amide bonds. The first-order valence-corrected chi connectivity index (χ1v) is 12.4. The number of rotatable bonds is 8. The normalized spacial score (nSPS) is 11.8. The number of aromatic hydroxyl groups is 1. The van der Waals surface area contributed by atoms with Gasteiger partial charge in [0.25, 0.3) is 0 Å². The topological polar surface area (TPSA) is 76.5 Å². The van der Waals surface area contributed by atoms with Crippen LogP contribution in [0.1, 0.15) is 23.6 Å². The number of aromatic nitrogens is 2. The Hall–Kier alpha value is -4.42. The van der Waals surface area contributed by atoms with Crippen LogP contribution in [0.5, 0.6) is 5.88 Å². The second kappa shape index (κ2) is 10.7. The second-order valence-corrected chi connectivity index (χ2v) is 9.30. The van der Waals surface area contributed by atoms with Gasteiger partial charge in [-0.2, -0.15) is 0 Å². The summed E-state index contributed by atoms with van der Waals surface area (Å²) in [6.45, 7) is 3.74. The molecule has 0 aliphatic carbocycles. The first kappa shape index (κ1) is 24.3. The summed E-state index contributed by atoms with van der Waals surface area (Å²) in [4.78, 5) is 14.8. The van der Waals surface area contributed by atoms with Crippen LogP contribution < -0.4 is 5.32 Å². The summed E-state index contributed by atoms with van der Waals surface area (Å²) in [6.07, 6.45) is 1.86. The van der Waals surface area contributed by atoms with Crippen molar-refractivity contribution < 1.29 is 5.11 Å². The van der Waals surface area contributed by atoms with Crippen molar-refractivity contribution in [3.63, 3.8) is 0 Å². The number of H-pyrrole nitrogens is 1. The Labute approximate surface area is 217 Å². The number of aromatic amines is 1. The molecule has 0 radical (unpaired) electrons. The summed E-state index contributed by atoms with van der Waals surface area (Å²) < 4.78 is 0. The number of fused-ring (bicyclic) bond motifs is 1. The number of hydrogen-bond acceptors (Lipinski definition) is 5. The zero-order valence-corrected chi connectivity index (χ0v) is 21.4. The third kappa shape index (κ3) is 5.39. The molecular weight excluding hydrogens is 458 g/mol. The van der Waals surface area contributed by atoms with E-state index in [1.807, 2.05) is 79.9 Å². The molecule has 5 aromatic rings. The van der Waals surface area contributed by atoms with Gasteiger partial charge in [0.1, 0.15) is 5.82 Å². The van der Waals surface area contributed by atoms with Crippen LogP contribution >= 0.6 is 0 Å². The molecule has 0 aliphatic heterocycles. The average Bonchev–Trinajstić information content (AvgIpc) is 3.23. The van der Waals surface area contributed by atoms with Gasteiger partial charge >= 0.3 is 0 Å². The standard InChI is InChI=1S/C31H31N5O/c1-4-32-28-17-13-24(19-33-28)23-12-16-26-27(18-23)35-31(37)29(26)30(22-8-6-5-7-9-22)34-25-14-10-21(11-15-25)20-36(2)3/h5-19,35,37H,4,20H2,1-3H3,(H,32,33). The molecular formula is C31H31N5O. The fourth-order valence-electron chi connectivity index (χ4n) is 4.48. The van der Waals surface area contributed by atoms with Gasteiger partial charge in [-0.3, -0.25) is 0 Å². The SMILES string of the molecule is CCNc1ccc(-c2ccc3c(C(=Nc4ccc(CN(C)C)cc4)c4ccccc4)c(O)[nH]c3c2)cn1. The van der Waals surface area contributed by atoms with E-state index in [0.717, 1.165) is 52.2 Å². The van der Waals surface area contributed by atoms with Crippen LogP contribution in [0.3, 0.4) is 0 Å². The lowest BCUT2D eigenvalue weighted by Gasteiger charge is -2.10. The highest BCUT2D eigenvalue weighted by atomic mass is 16.3. The zero-order chi connectivity index (χ0) is 25.8. The number of nitrogens with one attached hydrogen (secondary N) is 2. The van der Waals surface area contributed by atoms with Gasteiger partial charge in [0.15, 0.2) is 5.88 Å². The van der Waals surface area contributed by atoms with Crippen molar-refractivity contribution in [3.8, 4) is 17.0 Å². The van der Waals surface area contributed by atoms with Crippen molar-refractivity contribution in [3.05, 3.63) is 108 Å². The summed E-state index contributed by atoms with van der Waals surface area (Å²) >= 11 is 0. The summed E-state index contributed by atoms with van der Waals surface area (Å²) in [5.74, 6) is 0.949. The predicted molar refractivity (Wildman–Crippen MR) is 153 cm³/mol. The van der Waals surface area contributed by atoms with Crippen molar-refractivity contribution in [2.75, 3.05) is 26.0 Å². The van der Waals surface area contributed by atoms with E-state index in [4.69, 9.17) is 4.99 Å². The molecule has 0 fully saturated rings. The smallest absolute Gasteiger partial charge is 0.199 e. The van der Waals surface area contributed by atoms with Crippen molar-refractivity contribution in [2.45, 2.75) is 13.5 Å². The molecule has 5 rings (SSSR count). The molecule has 0 bridgehead atoms. The van der Waals surface area contributed by atoms with E-state index >= 15 is 0 Å². The maximum atomic E-state index is 11.1. The lowest BCUT2D eigenvalue weighted by Crippen LogP contribution is -2.10. The molecule has 186 valence electrons. The van der Waals surface area contributed by atoms with Gasteiger partial charge < -0.3 is 20.3 Å². The van der Waals surface area contributed by atoms with E-state index in [0.29, 0.717) is 11.3 Å². The maximum absolute atomic E-state index is 11.1. The van der Waals surface area contributed by atoms with Crippen LogP contribution in [0.2, 0.25) is 0 Å². The van der Waals surface area contributed by atoms with Gasteiger partial charge in [-0.15, -0.1) is 0 Å². The van der Waals surface area contributed by atoms with Crippen LogP contribution in [0.4, 0.5) is 11.5 Å². The number of benzene rings is 3. The first-order valence-electron chi connectivity index (χ1n) is 12.4. The monoisotopic (exact) mass is 489 g/mol. The van der Waals surface area contributed by atoms with Crippen LogP contribution in [0.15, 0.2) is 96.1 Å². The van der Waals surface area contributed by atoms with E-state index in [1.54, 1.807) is 0 Å². The van der Waals surface area contributed by atoms with Gasteiger partial charge in [0.05, 0.1) is 17.0 Å². The number of pyridine rings is 1. The van der Waals surface area contributed by atoms with E-state index in [1.165, 1.54) is 5.56 Å². The molecule has 6 nitrogen and oxygen atoms in total. The number of anilines is 1. The van der Waals surface area contributed by atoms with Crippen LogP contribution in [0.25, 0.3) is 22.0 Å². The molecule has 0 unspecified atom stereocenters. The lowest BCUT2D eigenvalue weighted by atomic mass is 9.99. The minimum absolute atomic E-state index is 0.0969. The molecule has 2 heterocycles. The molecule has 37 heavy (non-hydrogen) atoms. The number of aliphatic imine (C=N–C) groups is 1. The summed E-state index contributed by atoms with van der Waals surface area (Å²) in [7, 11) is 4.11. The fraction of sp³-hybridized carbons (Fsp3) is 0.161. The Bertz CT molecular complexity index is 1520. The van der Waals surface area contributed by atoms with Crippen LogP contribution in [-0.2, 0) is 6.54 Å². The minimum Gasteiger partial charge on any atom is -0.494 e. The fourth-order valence-corrected chi connectivity index (χ4v) is 4.48.